The molecule has 3 heterocycles. The molecule has 1 fully saturated rings. The smallest absolute Gasteiger partial charge is 0.270 e. The Morgan fingerprint density at radius 2 is 2.23 bits per heavy atom. The summed E-state index contributed by atoms with van der Waals surface area (Å²) in [4.78, 5) is 22.5. The number of fused-ring (bicyclic) bond motifs is 2. The maximum Gasteiger partial charge on any atom is 0.270 e. The van der Waals surface area contributed by atoms with Gasteiger partial charge < -0.3 is 4.90 Å². The Balaban J connectivity index is 1.74. The van der Waals surface area contributed by atoms with Crippen molar-refractivity contribution in [3.8, 4) is 0 Å². The molecule has 1 unspecified atom stereocenters. The van der Waals surface area contributed by atoms with E-state index in [1.807, 2.05) is 17.9 Å². The maximum atomic E-state index is 13.0. The van der Waals surface area contributed by atoms with Crippen molar-refractivity contribution in [2.24, 2.45) is 0 Å². The van der Waals surface area contributed by atoms with Crippen LogP contribution in [0.15, 0.2) is 30.5 Å². The molecule has 4 nitrogen and oxygen atoms in total. The zero-order chi connectivity index (χ0) is 15.1. The summed E-state index contributed by atoms with van der Waals surface area (Å²) in [6, 6.07) is 8.78. The number of anilines is 1. The van der Waals surface area contributed by atoms with Crippen LogP contribution in [0.25, 0.3) is 0 Å². The fourth-order valence-corrected chi connectivity index (χ4v) is 4.26. The summed E-state index contributed by atoms with van der Waals surface area (Å²) >= 11 is 1.48. The standard InChI is InChI=1S/C17H19N3OS/c1-12-18-9-16(22-12)17(21)20-11-14-6-4-8-19(14)10-13-5-2-3-7-15(13)20/h2-3,5,7,9,14H,4,6,8,10-11H2,1H3. The van der Waals surface area contributed by atoms with Gasteiger partial charge in [0.25, 0.3) is 5.91 Å². The lowest BCUT2D eigenvalue weighted by Gasteiger charge is -2.26. The molecule has 0 radical (unpaired) electrons. The van der Waals surface area contributed by atoms with Gasteiger partial charge in [-0.1, -0.05) is 18.2 Å². The second-order valence-corrected chi connectivity index (χ2v) is 7.29. The number of aryl methyl sites for hydroxylation is 1. The van der Waals surface area contributed by atoms with Crippen LogP contribution >= 0.6 is 11.3 Å². The Kier molecular flexibility index (Phi) is 3.47. The van der Waals surface area contributed by atoms with Crippen molar-refractivity contribution < 1.29 is 4.79 Å². The summed E-state index contributed by atoms with van der Waals surface area (Å²) in [5.41, 5.74) is 2.31. The molecule has 0 N–H and O–H groups in total. The average molecular weight is 313 g/mol. The number of hydrogen-bond donors (Lipinski definition) is 0. The number of carbonyl (C=O) groups is 1. The van der Waals surface area contributed by atoms with Gasteiger partial charge in [0.15, 0.2) is 0 Å². The fraction of sp³-hybridized carbons (Fsp3) is 0.412. The van der Waals surface area contributed by atoms with E-state index < -0.39 is 0 Å². The normalized spacial score (nSPS) is 21.3. The van der Waals surface area contributed by atoms with Crippen molar-refractivity contribution in [2.45, 2.75) is 32.4 Å². The van der Waals surface area contributed by atoms with Crippen molar-refractivity contribution in [1.29, 1.82) is 0 Å². The highest BCUT2D eigenvalue weighted by atomic mass is 32.1. The van der Waals surface area contributed by atoms with Gasteiger partial charge in [-0.15, -0.1) is 11.3 Å². The maximum absolute atomic E-state index is 13.0. The Morgan fingerprint density at radius 3 is 3.05 bits per heavy atom. The monoisotopic (exact) mass is 313 g/mol. The molecule has 0 spiro atoms. The average Bonchev–Trinajstić information content (AvgIpc) is 3.11. The van der Waals surface area contributed by atoms with Crippen LogP contribution in [-0.2, 0) is 6.54 Å². The highest BCUT2D eigenvalue weighted by Gasteiger charge is 2.34. The van der Waals surface area contributed by atoms with Gasteiger partial charge in [0.05, 0.1) is 11.2 Å². The van der Waals surface area contributed by atoms with Crippen LogP contribution in [-0.4, -0.2) is 34.9 Å². The molecule has 2 aromatic rings. The first-order valence-electron chi connectivity index (χ1n) is 7.78. The van der Waals surface area contributed by atoms with Crippen molar-refractivity contribution in [1.82, 2.24) is 9.88 Å². The lowest BCUT2D eigenvalue weighted by molar-refractivity contribution is 0.0984. The van der Waals surface area contributed by atoms with Gasteiger partial charge in [-0.25, -0.2) is 4.98 Å². The van der Waals surface area contributed by atoms with Gasteiger partial charge >= 0.3 is 0 Å². The SMILES string of the molecule is Cc1ncc(C(=O)N2CC3CCCN3Cc3ccccc32)s1. The van der Waals surface area contributed by atoms with Gasteiger partial charge in [0.1, 0.15) is 4.88 Å². The summed E-state index contributed by atoms with van der Waals surface area (Å²) in [5, 5.41) is 0.939. The van der Waals surface area contributed by atoms with E-state index in [-0.39, 0.29) is 5.91 Å². The minimum absolute atomic E-state index is 0.0896. The second-order valence-electron chi connectivity index (χ2n) is 6.05. The van der Waals surface area contributed by atoms with E-state index in [2.05, 4.69) is 28.1 Å². The first-order valence-corrected chi connectivity index (χ1v) is 8.60. The molecular formula is C17H19N3OS. The Labute approximate surface area is 134 Å². The largest absolute Gasteiger partial charge is 0.306 e. The van der Waals surface area contributed by atoms with E-state index >= 15 is 0 Å². The molecule has 2 aliphatic heterocycles. The molecule has 0 aliphatic carbocycles. The number of hydrogen-bond acceptors (Lipinski definition) is 4. The predicted octanol–water partition coefficient (Wildman–Crippen LogP) is 3.08. The van der Waals surface area contributed by atoms with Crippen molar-refractivity contribution >= 4 is 22.9 Å². The van der Waals surface area contributed by atoms with E-state index in [4.69, 9.17) is 0 Å². The van der Waals surface area contributed by atoms with Crippen molar-refractivity contribution in [2.75, 3.05) is 18.0 Å². The summed E-state index contributed by atoms with van der Waals surface area (Å²) in [7, 11) is 0. The predicted molar refractivity (Wildman–Crippen MR) is 88.4 cm³/mol. The topological polar surface area (TPSA) is 36.4 Å². The Hall–Kier alpha value is -1.72. The summed E-state index contributed by atoms with van der Waals surface area (Å²) in [6.45, 7) is 4.82. The van der Waals surface area contributed by atoms with Crippen LogP contribution in [0.4, 0.5) is 5.69 Å². The number of amides is 1. The number of rotatable bonds is 1. The van der Waals surface area contributed by atoms with Gasteiger partial charge in [-0.2, -0.15) is 0 Å². The number of carbonyl (C=O) groups excluding carboxylic acids is 1. The number of nitrogens with zero attached hydrogens (tertiary/aromatic N) is 3. The first-order chi connectivity index (χ1) is 10.7. The molecule has 1 atom stereocenters. The highest BCUT2D eigenvalue weighted by Crippen LogP contribution is 2.32. The fourth-order valence-electron chi connectivity index (χ4n) is 3.53. The van der Waals surface area contributed by atoms with Crippen LogP contribution in [0.1, 0.15) is 33.1 Å². The van der Waals surface area contributed by atoms with Gasteiger partial charge in [-0.3, -0.25) is 9.69 Å². The lowest BCUT2D eigenvalue weighted by Crippen LogP contribution is -2.40. The van der Waals surface area contributed by atoms with Gasteiger partial charge in [0.2, 0.25) is 0 Å². The molecule has 0 bridgehead atoms. The third-order valence-corrected chi connectivity index (χ3v) is 5.53. The molecule has 5 heteroatoms. The van der Waals surface area contributed by atoms with Crippen LogP contribution in [0.2, 0.25) is 0 Å². The second kappa shape index (κ2) is 5.48. The minimum atomic E-state index is 0.0896. The number of benzene rings is 1. The molecule has 2 aliphatic rings. The highest BCUT2D eigenvalue weighted by molar-refractivity contribution is 7.13. The van der Waals surface area contributed by atoms with Gasteiger partial charge in [-0.05, 0) is 37.9 Å². The van der Waals surface area contributed by atoms with Crippen molar-refractivity contribution in [3.05, 3.63) is 45.9 Å². The van der Waals surface area contributed by atoms with Crippen LogP contribution in [0, 0.1) is 6.92 Å². The zero-order valence-corrected chi connectivity index (χ0v) is 13.5. The molecule has 114 valence electrons. The van der Waals surface area contributed by atoms with Crippen LogP contribution < -0.4 is 4.90 Å². The molecule has 1 aromatic carbocycles. The van der Waals surface area contributed by atoms with E-state index in [1.54, 1.807) is 6.20 Å². The summed E-state index contributed by atoms with van der Waals surface area (Å²) < 4.78 is 0. The summed E-state index contributed by atoms with van der Waals surface area (Å²) in [5.74, 6) is 0.0896. The van der Waals surface area contributed by atoms with E-state index in [0.29, 0.717) is 6.04 Å². The molecule has 4 rings (SSSR count). The van der Waals surface area contributed by atoms with Gasteiger partial charge in [0, 0.05) is 24.8 Å². The molecule has 0 saturated carbocycles. The molecule has 1 saturated heterocycles. The van der Waals surface area contributed by atoms with E-state index in [9.17, 15) is 4.79 Å². The van der Waals surface area contributed by atoms with E-state index in [1.165, 1.54) is 29.7 Å². The number of para-hydroxylation sites is 1. The third-order valence-electron chi connectivity index (χ3n) is 4.63. The Morgan fingerprint density at radius 1 is 1.36 bits per heavy atom. The lowest BCUT2D eigenvalue weighted by atomic mass is 10.1. The first kappa shape index (κ1) is 13.9. The molecule has 1 aromatic heterocycles. The van der Waals surface area contributed by atoms with Crippen molar-refractivity contribution in [3.63, 3.8) is 0 Å². The van der Waals surface area contributed by atoms with Crippen LogP contribution in [0.5, 0.6) is 0 Å². The summed E-state index contributed by atoms with van der Waals surface area (Å²) in [6.07, 6.45) is 4.12. The number of aromatic nitrogens is 1. The molecular weight excluding hydrogens is 294 g/mol. The number of thiazole rings is 1. The quantitative estimate of drug-likeness (QED) is 0.812. The molecule has 1 amide bonds. The molecule has 22 heavy (non-hydrogen) atoms. The van der Waals surface area contributed by atoms with E-state index in [0.717, 1.165) is 35.2 Å². The third kappa shape index (κ3) is 2.34. The Bertz CT molecular complexity index is 711. The van der Waals surface area contributed by atoms with Crippen LogP contribution in [0.3, 0.4) is 0 Å². The minimum Gasteiger partial charge on any atom is -0.306 e. The zero-order valence-electron chi connectivity index (χ0n) is 12.7.